The number of amides is 2. The molecule has 0 spiro atoms. The lowest BCUT2D eigenvalue weighted by Gasteiger charge is -2.34. The highest BCUT2D eigenvalue weighted by Gasteiger charge is 2.32. The minimum Gasteiger partial charge on any atom is -0.342 e. The van der Waals surface area contributed by atoms with E-state index in [1.807, 2.05) is 13.0 Å². The third-order valence-corrected chi connectivity index (χ3v) is 8.36. The lowest BCUT2D eigenvalue weighted by molar-refractivity contribution is -0.131. The summed E-state index contributed by atoms with van der Waals surface area (Å²) in [6.45, 7) is 2.48. The predicted octanol–water partition coefficient (Wildman–Crippen LogP) is 2.63. The minimum atomic E-state index is -3.81. The molecule has 0 bridgehead atoms. The van der Waals surface area contributed by atoms with Crippen molar-refractivity contribution < 1.29 is 18.0 Å². The zero-order valence-electron chi connectivity index (χ0n) is 15.5. The number of thiophene rings is 1. The molecule has 1 aromatic heterocycles. The number of hydrogen-bond donors (Lipinski definition) is 1. The Hall–Kier alpha value is -1.65. The second-order valence-corrected chi connectivity index (χ2v) is 10.4. The Morgan fingerprint density at radius 2 is 1.79 bits per heavy atom. The first-order valence-electron chi connectivity index (χ1n) is 8.76. The van der Waals surface area contributed by atoms with Crippen LogP contribution in [-0.2, 0) is 14.8 Å². The number of benzene rings is 1. The van der Waals surface area contributed by atoms with Gasteiger partial charge in [0.15, 0.2) is 0 Å². The van der Waals surface area contributed by atoms with Crippen LogP contribution in [0.4, 0.5) is 0 Å². The highest BCUT2D eigenvalue weighted by molar-refractivity contribution is 7.89. The Morgan fingerprint density at radius 1 is 1.10 bits per heavy atom. The number of carbonyl (C=O) groups is 2. The molecule has 1 saturated heterocycles. The van der Waals surface area contributed by atoms with Gasteiger partial charge in [-0.15, -0.1) is 11.3 Å². The van der Waals surface area contributed by atoms with Crippen molar-refractivity contribution in [2.24, 2.45) is 0 Å². The van der Waals surface area contributed by atoms with E-state index < -0.39 is 10.0 Å². The van der Waals surface area contributed by atoms with E-state index >= 15 is 0 Å². The molecule has 2 aromatic rings. The summed E-state index contributed by atoms with van der Waals surface area (Å²) in [7, 11) is -3.81. The molecule has 0 saturated carbocycles. The van der Waals surface area contributed by atoms with E-state index in [2.05, 4.69) is 5.32 Å². The quantitative estimate of drug-likeness (QED) is 0.719. The summed E-state index contributed by atoms with van der Waals surface area (Å²) < 4.78 is 26.9. The Morgan fingerprint density at radius 3 is 2.41 bits per heavy atom. The number of carbonyl (C=O) groups excluding carboxylic acids is 2. The average Bonchev–Trinajstić information content (AvgIpc) is 3.14. The molecule has 1 aliphatic rings. The Kier molecular flexibility index (Phi) is 6.85. The standard InChI is InChI=1S/C18H19Cl2N3O4S2/c1-12-5-6-14(28-12)18(25)21-11-16(24)22-7-9-23(10-8-22)29(26,27)15-4-2-3-13(19)17(15)20/h2-6H,7-11H2,1H3,(H,21,25). The number of piperazine rings is 1. The summed E-state index contributed by atoms with van der Waals surface area (Å²) >= 11 is 13.3. The fourth-order valence-electron chi connectivity index (χ4n) is 2.91. The van der Waals surface area contributed by atoms with Gasteiger partial charge in [0.05, 0.1) is 21.5 Å². The maximum Gasteiger partial charge on any atom is 0.261 e. The maximum absolute atomic E-state index is 12.8. The molecule has 29 heavy (non-hydrogen) atoms. The van der Waals surface area contributed by atoms with Crippen molar-refractivity contribution in [2.45, 2.75) is 11.8 Å². The topological polar surface area (TPSA) is 86.8 Å². The number of nitrogens with zero attached hydrogens (tertiary/aromatic N) is 2. The molecule has 1 N–H and O–H groups in total. The number of rotatable bonds is 5. The van der Waals surface area contributed by atoms with E-state index in [0.717, 1.165) is 4.88 Å². The molecule has 1 fully saturated rings. The van der Waals surface area contributed by atoms with Crippen LogP contribution in [0.15, 0.2) is 35.2 Å². The van der Waals surface area contributed by atoms with E-state index in [1.54, 1.807) is 6.07 Å². The number of hydrogen-bond acceptors (Lipinski definition) is 5. The molecule has 3 rings (SSSR count). The van der Waals surface area contributed by atoms with Gasteiger partial charge in [-0.25, -0.2) is 8.42 Å². The van der Waals surface area contributed by atoms with Crippen LogP contribution in [0.2, 0.25) is 10.0 Å². The van der Waals surface area contributed by atoms with Crippen LogP contribution >= 0.6 is 34.5 Å². The van der Waals surface area contributed by atoms with E-state index in [0.29, 0.717) is 4.88 Å². The molecule has 0 atom stereocenters. The van der Waals surface area contributed by atoms with Gasteiger partial charge in [0.25, 0.3) is 5.91 Å². The highest BCUT2D eigenvalue weighted by Crippen LogP contribution is 2.31. The predicted molar refractivity (Wildman–Crippen MR) is 113 cm³/mol. The lowest BCUT2D eigenvalue weighted by atomic mass is 10.3. The largest absolute Gasteiger partial charge is 0.342 e. The molecule has 1 aromatic carbocycles. The van der Waals surface area contributed by atoms with Crippen LogP contribution in [0.25, 0.3) is 0 Å². The SMILES string of the molecule is Cc1ccc(C(=O)NCC(=O)N2CCN(S(=O)(=O)c3cccc(Cl)c3Cl)CC2)s1. The van der Waals surface area contributed by atoms with Crippen LogP contribution in [0.5, 0.6) is 0 Å². The van der Waals surface area contributed by atoms with Crippen LogP contribution in [0, 0.1) is 6.92 Å². The van der Waals surface area contributed by atoms with Crippen LogP contribution < -0.4 is 5.32 Å². The number of sulfonamides is 1. The monoisotopic (exact) mass is 475 g/mol. The molecule has 0 unspecified atom stereocenters. The van der Waals surface area contributed by atoms with Crippen molar-refractivity contribution >= 4 is 56.4 Å². The van der Waals surface area contributed by atoms with Gasteiger partial charge in [0.1, 0.15) is 4.90 Å². The molecule has 11 heteroatoms. The number of halogens is 2. The molecule has 0 radical (unpaired) electrons. The molecular formula is C18H19Cl2N3O4S2. The van der Waals surface area contributed by atoms with Gasteiger partial charge >= 0.3 is 0 Å². The third kappa shape index (κ3) is 4.92. The third-order valence-electron chi connectivity index (χ3n) is 4.49. The number of nitrogens with one attached hydrogen (secondary N) is 1. The van der Waals surface area contributed by atoms with Crippen molar-refractivity contribution in [3.8, 4) is 0 Å². The molecular weight excluding hydrogens is 457 g/mol. The summed E-state index contributed by atoms with van der Waals surface area (Å²) in [6.07, 6.45) is 0. The van der Waals surface area contributed by atoms with Gasteiger partial charge < -0.3 is 10.2 Å². The summed E-state index contributed by atoms with van der Waals surface area (Å²) in [5.74, 6) is -0.558. The van der Waals surface area contributed by atoms with Gasteiger partial charge in [-0.2, -0.15) is 4.31 Å². The first-order valence-corrected chi connectivity index (χ1v) is 11.8. The Balaban J connectivity index is 1.56. The fourth-order valence-corrected chi connectivity index (χ4v) is 5.85. The lowest BCUT2D eigenvalue weighted by Crippen LogP contribution is -2.52. The van der Waals surface area contributed by atoms with E-state index in [9.17, 15) is 18.0 Å². The molecule has 2 heterocycles. The second kappa shape index (κ2) is 9.01. The minimum absolute atomic E-state index is 0.0146. The zero-order valence-corrected chi connectivity index (χ0v) is 18.7. The summed E-state index contributed by atoms with van der Waals surface area (Å²) in [4.78, 5) is 27.5. The number of aryl methyl sites for hydroxylation is 1. The van der Waals surface area contributed by atoms with Crippen LogP contribution in [-0.4, -0.2) is 62.2 Å². The zero-order chi connectivity index (χ0) is 21.2. The second-order valence-electron chi connectivity index (χ2n) is 6.43. The van der Waals surface area contributed by atoms with Crippen molar-refractivity contribution in [3.63, 3.8) is 0 Å². The first-order chi connectivity index (χ1) is 13.7. The van der Waals surface area contributed by atoms with Crippen molar-refractivity contribution in [2.75, 3.05) is 32.7 Å². The highest BCUT2D eigenvalue weighted by atomic mass is 35.5. The molecule has 2 amide bonds. The first kappa shape index (κ1) is 22.0. The summed E-state index contributed by atoms with van der Waals surface area (Å²) in [5.41, 5.74) is 0. The van der Waals surface area contributed by atoms with Crippen LogP contribution in [0.3, 0.4) is 0 Å². The van der Waals surface area contributed by atoms with Crippen molar-refractivity contribution in [1.82, 2.24) is 14.5 Å². The fraction of sp³-hybridized carbons (Fsp3) is 0.333. The van der Waals surface area contributed by atoms with Crippen molar-refractivity contribution in [1.29, 1.82) is 0 Å². The Labute approximate surface area is 183 Å². The van der Waals surface area contributed by atoms with Crippen LogP contribution in [0.1, 0.15) is 14.5 Å². The summed E-state index contributed by atoms with van der Waals surface area (Å²) in [5, 5.41) is 2.76. The summed E-state index contributed by atoms with van der Waals surface area (Å²) in [6, 6.07) is 8.00. The Bertz CT molecular complexity index is 1030. The van der Waals surface area contributed by atoms with E-state index in [-0.39, 0.29) is 59.5 Å². The maximum atomic E-state index is 12.8. The average molecular weight is 476 g/mol. The molecule has 1 aliphatic heterocycles. The van der Waals surface area contributed by atoms with Gasteiger partial charge in [-0.3, -0.25) is 9.59 Å². The van der Waals surface area contributed by atoms with Gasteiger partial charge in [0.2, 0.25) is 15.9 Å². The van der Waals surface area contributed by atoms with Gasteiger partial charge in [-0.1, -0.05) is 29.3 Å². The van der Waals surface area contributed by atoms with Gasteiger partial charge in [-0.05, 0) is 31.2 Å². The molecule has 0 aliphatic carbocycles. The molecule has 7 nitrogen and oxygen atoms in total. The van der Waals surface area contributed by atoms with Crippen molar-refractivity contribution in [3.05, 3.63) is 50.1 Å². The normalized spacial score (nSPS) is 15.3. The smallest absolute Gasteiger partial charge is 0.261 e. The van der Waals surface area contributed by atoms with Gasteiger partial charge in [0, 0.05) is 31.1 Å². The van der Waals surface area contributed by atoms with E-state index in [1.165, 1.54) is 38.7 Å². The van der Waals surface area contributed by atoms with E-state index in [4.69, 9.17) is 23.2 Å². The molecule has 156 valence electrons.